The minimum atomic E-state index is -0.157. The van der Waals surface area contributed by atoms with E-state index in [9.17, 15) is 9.59 Å². The molecule has 5 heteroatoms. The maximum Gasteiger partial charge on any atom is 0.231 e. The van der Waals surface area contributed by atoms with E-state index in [-0.39, 0.29) is 23.8 Å². The number of nitrogens with one attached hydrogen (secondary N) is 2. The van der Waals surface area contributed by atoms with Crippen LogP contribution in [0.5, 0.6) is 0 Å². The van der Waals surface area contributed by atoms with Gasteiger partial charge in [-0.3, -0.25) is 9.59 Å². The first-order valence-corrected chi connectivity index (χ1v) is 6.63. The third kappa shape index (κ3) is 3.68. The van der Waals surface area contributed by atoms with E-state index in [0.29, 0.717) is 12.8 Å². The van der Waals surface area contributed by atoms with Gasteiger partial charge in [0.2, 0.25) is 11.8 Å². The summed E-state index contributed by atoms with van der Waals surface area (Å²) in [6, 6.07) is 7.24. The Kier molecular flexibility index (Phi) is 4.53. The summed E-state index contributed by atoms with van der Waals surface area (Å²) in [6.45, 7) is 0. The summed E-state index contributed by atoms with van der Waals surface area (Å²) in [6.07, 6.45) is 4.70. The number of carbonyl (C=O) groups is 2. The lowest BCUT2D eigenvalue weighted by Gasteiger charge is -2.11. The van der Waals surface area contributed by atoms with Crippen molar-refractivity contribution in [3.63, 3.8) is 0 Å². The van der Waals surface area contributed by atoms with Crippen molar-refractivity contribution in [3.05, 3.63) is 42.0 Å². The van der Waals surface area contributed by atoms with Crippen LogP contribution in [-0.4, -0.2) is 24.9 Å². The number of carbonyl (C=O) groups excluding carboxylic acids is 2. The molecule has 2 amide bonds. The molecule has 0 saturated heterocycles. The summed E-state index contributed by atoms with van der Waals surface area (Å²) in [4.78, 5) is 23.2. The Morgan fingerprint density at radius 3 is 2.50 bits per heavy atom. The normalized spacial score (nSPS) is 20.7. The first-order valence-electron chi connectivity index (χ1n) is 6.63. The van der Waals surface area contributed by atoms with E-state index in [4.69, 9.17) is 5.73 Å². The van der Waals surface area contributed by atoms with Gasteiger partial charge in [-0.2, -0.15) is 0 Å². The molecular weight excluding hydrogens is 254 g/mol. The Morgan fingerprint density at radius 1 is 1.25 bits per heavy atom. The zero-order valence-electron chi connectivity index (χ0n) is 11.4. The lowest BCUT2D eigenvalue weighted by Crippen LogP contribution is -2.24. The maximum atomic E-state index is 12.0. The van der Waals surface area contributed by atoms with Crippen molar-refractivity contribution in [3.8, 4) is 0 Å². The van der Waals surface area contributed by atoms with Crippen LogP contribution < -0.4 is 16.4 Å². The lowest BCUT2D eigenvalue weighted by atomic mass is 10.1. The molecule has 0 saturated carbocycles. The number of hydrogen-bond donors (Lipinski definition) is 3. The molecule has 2 atom stereocenters. The van der Waals surface area contributed by atoms with Gasteiger partial charge < -0.3 is 16.4 Å². The third-order valence-corrected chi connectivity index (χ3v) is 3.32. The molecule has 20 heavy (non-hydrogen) atoms. The minimum absolute atomic E-state index is 0.0271. The van der Waals surface area contributed by atoms with Crippen molar-refractivity contribution in [2.75, 3.05) is 12.4 Å². The Labute approximate surface area is 118 Å². The van der Waals surface area contributed by atoms with Crippen molar-refractivity contribution < 1.29 is 9.59 Å². The zero-order chi connectivity index (χ0) is 14.5. The molecule has 106 valence electrons. The van der Waals surface area contributed by atoms with Crippen LogP contribution in [0, 0.1) is 5.92 Å². The first kappa shape index (κ1) is 14.3. The van der Waals surface area contributed by atoms with Gasteiger partial charge in [0, 0.05) is 18.8 Å². The zero-order valence-corrected chi connectivity index (χ0v) is 11.4. The molecule has 0 spiro atoms. The Hall–Kier alpha value is -2.14. The van der Waals surface area contributed by atoms with Crippen LogP contribution in [-0.2, 0) is 16.0 Å². The van der Waals surface area contributed by atoms with Crippen LogP contribution >= 0.6 is 0 Å². The molecular formula is C15H19N3O2. The molecule has 1 aliphatic rings. The van der Waals surface area contributed by atoms with E-state index in [2.05, 4.69) is 10.6 Å². The number of amides is 2. The molecule has 0 fully saturated rings. The summed E-state index contributed by atoms with van der Waals surface area (Å²) in [5.74, 6) is -0.240. The maximum absolute atomic E-state index is 12.0. The highest BCUT2D eigenvalue weighted by molar-refractivity contribution is 5.94. The molecule has 0 heterocycles. The highest BCUT2D eigenvalue weighted by Crippen LogP contribution is 2.19. The van der Waals surface area contributed by atoms with Crippen LogP contribution in [0.1, 0.15) is 12.0 Å². The van der Waals surface area contributed by atoms with Crippen LogP contribution in [0.15, 0.2) is 36.4 Å². The molecule has 4 N–H and O–H groups in total. The third-order valence-electron chi connectivity index (χ3n) is 3.32. The molecule has 2 unspecified atom stereocenters. The molecule has 1 aromatic carbocycles. The second kappa shape index (κ2) is 6.34. The minimum Gasteiger partial charge on any atom is -0.359 e. The van der Waals surface area contributed by atoms with Gasteiger partial charge in [-0.05, 0) is 24.1 Å². The standard InChI is InChI=1S/C15H19N3O2/c1-17-14(19)8-10-2-6-13(7-3-10)18-15(20)11-4-5-12(16)9-11/h2-7,11-12H,8-9,16H2,1H3,(H,17,19)(H,18,20). The van der Waals surface area contributed by atoms with Crippen molar-refractivity contribution in [1.29, 1.82) is 0 Å². The number of benzene rings is 1. The van der Waals surface area contributed by atoms with Gasteiger partial charge in [-0.1, -0.05) is 24.3 Å². The smallest absolute Gasteiger partial charge is 0.231 e. The molecule has 0 radical (unpaired) electrons. The van der Waals surface area contributed by atoms with Crippen LogP contribution in [0.4, 0.5) is 5.69 Å². The average Bonchev–Trinajstić information content (AvgIpc) is 2.87. The number of rotatable bonds is 4. The lowest BCUT2D eigenvalue weighted by molar-refractivity contribution is -0.120. The molecule has 1 aromatic rings. The van der Waals surface area contributed by atoms with Gasteiger partial charge in [-0.15, -0.1) is 0 Å². The largest absolute Gasteiger partial charge is 0.359 e. The summed E-state index contributed by atoms with van der Waals surface area (Å²) in [5.41, 5.74) is 7.36. The van der Waals surface area contributed by atoms with E-state index < -0.39 is 0 Å². The van der Waals surface area contributed by atoms with Crippen molar-refractivity contribution >= 4 is 17.5 Å². The fourth-order valence-corrected chi connectivity index (χ4v) is 2.14. The van der Waals surface area contributed by atoms with Crippen LogP contribution in [0.3, 0.4) is 0 Å². The summed E-state index contributed by atoms with van der Waals surface area (Å²) >= 11 is 0. The molecule has 0 aromatic heterocycles. The predicted octanol–water partition coefficient (Wildman–Crippen LogP) is 0.817. The van der Waals surface area contributed by atoms with E-state index in [1.807, 2.05) is 24.3 Å². The molecule has 5 nitrogen and oxygen atoms in total. The fourth-order valence-electron chi connectivity index (χ4n) is 2.14. The first-order chi connectivity index (χ1) is 9.58. The van der Waals surface area contributed by atoms with Gasteiger partial charge in [0.1, 0.15) is 0 Å². The number of anilines is 1. The SMILES string of the molecule is CNC(=O)Cc1ccc(NC(=O)C2C=CC(N)C2)cc1. The molecule has 2 rings (SSSR count). The van der Waals surface area contributed by atoms with Crippen LogP contribution in [0.25, 0.3) is 0 Å². The fraction of sp³-hybridized carbons (Fsp3) is 0.333. The summed E-state index contributed by atoms with van der Waals surface area (Å²) in [5, 5.41) is 5.43. The average molecular weight is 273 g/mol. The van der Waals surface area contributed by atoms with Crippen molar-refractivity contribution in [2.45, 2.75) is 18.9 Å². The van der Waals surface area contributed by atoms with E-state index in [0.717, 1.165) is 11.3 Å². The number of nitrogens with two attached hydrogens (primary N) is 1. The number of hydrogen-bond acceptors (Lipinski definition) is 3. The van der Waals surface area contributed by atoms with Gasteiger partial charge in [0.25, 0.3) is 0 Å². The van der Waals surface area contributed by atoms with Crippen LogP contribution in [0.2, 0.25) is 0 Å². The second-order valence-electron chi connectivity index (χ2n) is 4.93. The highest BCUT2D eigenvalue weighted by Gasteiger charge is 2.22. The van der Waals surface area contributed by atoms with Crippen molar-refractivity contribution in [1.82, 2.24) is 5.32 Å². The number of likely N-dealkylation sites (N-methyl/N-ethyl adjacent to an activating group) is 1. The Bertz CT molecular complexity index is 522. The predicted molar refractivity (Wildman–Crippen MR) is 78.1 cm³/mol. The summed E-state index contributed by atoms with van der Waals surface area (Å²) < 4.78 is 0. The Morgan fingerprint density at radius 2 is 1.95 bits per heavy atom. The van der Waals surface area contributed by atoms with Crippen molar-refractivity contribution in [2.24, 2.45) is 11.7 Å². The highest BCUT2D eigenvalue weighted by atomic mass is 16.2. The van der Waals surface area contributed by atoms with E-state index in [1.165, 1.54) is 0 Å². The second-order valence-corrected chi connectivity index (χ2v) is 4.93. The summed E-state index contributed by atoms with van der Waals surface area (Å²) in [7, 11) is 1.61. The quantitative estimate of drug-likeness (QED) is 0.710. The van der Waals surface area contributed by atoms with Gasteiger partial charge in [0.15, 0.2) is 0 Å². The Balaban J connectivity index is 1.92. The monoisotopic (exact) mass is 273 g/mol. The van der Waals surface area contributed by atoms with Gasteiger partial charge >= 0.3 is 0 Å². The van der Waals surface area contributed by atoms with E-state index >= 15 is 0 Å². The van der Waals surface area contributed by atoms with Gasteiger partial charge in [0.05, 0.1) is 12.3 Å². The molecule has 0 bridgehead atoms. The molecule has 1 aliphatic carbocycles. The van der Waals surface area contributed by atoms with E-state index in [1.54, 1.807) is 19.2 Å². The topological polar surface area (TPSA) is 84.2 Å². The van der Waals surface area contributed by atoms with Gasteiger partial charge in [-0.25, -0.2) is 0 Å². The molecule has 0 aliphatic heterocycles.